The maximum atomic E-state index is 12.1. The van der Waals surface area contributed by atoms with Crippen LogP contribution in [-0.4, -0.2) is 72.4 Å². The van der Waals surface area contributed by atoms with Gasteiger partial charge in [0.1, 0.15) is 5.82 Å². The van der Waals surface area contributed by atoms with E-state index < -0.39 is 0 Å². The highest BCUT2D eigenvalue weighted by Gasteiger charge is 2.20. The molecular weight excluding hydrogens is 318 g/mol. The summed E-state index contributed by atoms with van der Waals surface area (Å²) in [6, 6.07) is 3.93. The normalized spacial score (nSPS) is 16.0. The summed E-state index contributed by atoms with van der Waals surface area (Å²) in [5.41, 5.74) is 1.03. The second kappa shape index (κ2) is 9.48. The molecule has 138 valence electrons. The van der Waals surface area contributed by atoms with Gasteiger partial charge >= 0.3 is 0 Å². The number of pyridine rings is 1. The van der Waals surface area contributed by atoms with Gasteiger partial charge in [0.05, 0.1) is 13.1 Å². The van der Waals surface area contributed by atoms with Crippen LogP contribution in [0.25, 0.3) is 0 Å². The summed E-state index contributed by atoms with van der Waals surface area (Å²) in [6.07, 6.45) is 3.64. The molecule has 1 saturated heterocycles. The number of nitrogens with zero attached hydrogens (tertiary/aromatic N) is 3. The molecule has 7 nitrogen and oxygen atoms in total. The highest BCUT2D eigenvalue weighted by atomic mass is 16.2. The zero-order valence-corrected chi connectivity index (χ0v) is 15.4. The van der Waals surface area contributed by atoms with E-state index in [1.165, 1.54) is 0 Å². The van der Waals surface area contributed by atoms with Crippen molar-refractivity contribution < 1.29 is 9.59 Å². The summed E-state index contributed by atoms with van der Waals surface area (Å²) < 4.78 is 0. The van der Waals surface area contributed by atoms with Gasteiger partial charge in [-0.1, -0.05) is 6.92 Å². The molecule has 1 aromatic heterocycles. The number of rotatable bonds is 7. The van der Waals surface area contributed by atoms with E-state index in [-0.39, 0.29) is 30.9 Å². The van der Waals surface area contributed by atoms with Crippen LogP contribution in [0.2, 0.25) is 0 Å². The maximum absolute atomic E-state index is 12.1. The van der Waals surface area contributed by atoms with Gasteiger partial charge in [-0.3, -0.25) is 14.5 Å². The number of carbonyl (C=O) groups is 2. The van der Waals surface area contributed by atoms with E-state index in [1.807, 2.05) is 19.1 Å². The van der Waals surface area contributed by atoms with Crippen LogP contribution in [0.15, 0.2) is 18.3 Å². The predicted octanol–water partition coefficient (Wildman–Crippen LogP) is 0.861. The first-order valence-electron chi connectivity index (χ1n) is 8.89. The standard InChI is InChI=1S/C18H29N5O2/c1-4-23-9-6-15(7-10-23)20-17(24)12-22(3)13-18(25)21-16-11-14(2)5-8-19-16/h5,8,11,15H,4,6-7,9-10,12-13H2,1-3H3,(H,20,24)(H,19,21,25). The molecule has 1 aromatic rings. The highest BCUT2D eigenvalue weighted by Crippen LogP contribution is 2.09. The minimum absolute atomic E-state index is 0.0288. The SMILES string of the molecule is CCN1CCC(NC(=O)CN(C)CC(=O)Nc2cc(C)ccn2)CC1. The average molecular weight is 347 g/mol. The van der Waals surface area contributed by atoms with Crippen LogP contribution in [0.1, 0.15) is 25.3 Å². The van der Waals surface area contributed by atoms with E-state index in [0.29, 0.717) is 5.82 Å². The Morgan fingerprint density at radius 3 is 2.60 bits per heavy atom. The fourth-order valence-corrected chi connectivity index (χ4v) is 3.00. The number of hydrogen-bond acceptors (Lipinski definition) is 5. The van der Waals surface area contributed by atoms with Crippen molar-refractivity contribution in [2.75, 3.05) is 45.1 Å². The molecule has 25 heavy (non-hydrogen) atoms. The molecule has 2 N–H and O–H groups in total. The largest absolute Gasteiger partial charge is 0.352 e. The summed E-state index contributed by atoms with van der Waals surface area (Å²) in [5, 5.41) is 5.82. The molecule has 1 fully saturated rings. The Kier molecular flexibility index (Phi) is 7.33. The molecule has 2 amide bonds. The second-order valence-corrected chi connectivity index (χ2v) is 6.71. The molecule has 0 radical (unpaired) electrons. The third-order valence-corrected chi connectivity index (χ3v) is 4.41. The van der Waals surface area contributed by atoms with Gasteiger partial charge in [0.15, 0.2) is 0 Å². The highest BCUT2D eigenvalue weighted by molar-refractivity contribution is 5.91. The molecule has 0 saturated carbocycles. The van der Waals surface area contributed by atoms with E-state index >= 15 is 0 Å². The van der Waals surface area contributed by atoms with E-state index in [1.54, 1.807) is 18.1 Å². The lowest BCUT2D eigenvalue weighted by Crippen LogP contribution is -2.47. The van der Waals surface area contributed by atoms with Crippen molar-refractivity contribution in [2.24, 2.45) is 0 Å². The number of aromatic nitrogens is 1. The summed E-state index contributed by atoms with van der Waals surface area (Å²) in [6.45, 7) is 7.59. The lowest BCUT2D eigenvalue weighted by atomic mass is 10.1. The molecule has 0 bridgehead atoms. The maximum Gasteiger partial charge on any atom is 0.239 e. The number of amides is 2. The molecule has 0 unspecified atom stereocenters. The number of carbonyl (C=O) groups excluding carboxylic acids is 2. The number of likely N-dealkylation sites (tertiary alicyclic amines) is 1. The number of likely N-dealkylation sites (N-methyl/N-ethyl adjacent to an activating group) is 1. The van der Waals surface area contributed by atoms with Crippen LogP contribution in [0.4, 0.5) is 5.82 Å². The second-order valence-electron chi connectivity index (χ2n) is 6.71. The van der Waals surface area contributed by atoms with Crippen LogP contribution < -0.4 is 10.6 Å². The van der Waals surface area contributed by atoms with Gasteiger partial charge in [-0.25, -0.2) is 4.98 Å². The van der Waals surface area contributed by atoms with Gasteiger partial charge < -0.3 is 15.5 Å². The predicted molar refractivity (Wildman–Crippen MR) is 98.4 cm³/mol. The van der Waals surface area contributed by atoms with Crippen molar-refractivity contribution in [1.82, 2.24) is 20.1 Å². The quantitative estimate of drug-likeness (QED) is 0.765. The lowest BCUT2D eigenvalue weighted by molar-refractivity contribution is -0.123. The Bertz CT molecular complexity index is 585. The Morgan fingerprint density at radius 2 is 1.96 bits per heavy atom. The molecular formula is C18H29N5O2. The molecule has 0 atom stereocenters. The van der Waals surface area contributed by atoms with Gasteiger partial charge in [-0.15, -0.1) is 0 Å². The topological polar surface area (TPSA) is 77.6 Å². The van der Waals surface area contributed by atoms with Crippen LogP contribution in [-0.2, 0) is 9.59 Å². The van der Waals surface area contributed by atoms with Crippen molar-refractivity contribution in [3.63, 3.8) is 0 Å². The Hall–Kier alpha value is -1.99. The van der Waals surface area contributed by atoms with Crippen LogP contribution in [0.3, 0.4) is 0 Å². The van der Waals surface area contributed by atoms with Gasteiger partial charge in [-0.05, 0) is 51.1 Å². The van der Waals surface area contributed by atoms with Gasteiger partial charge in [0.2, 0.25) is 11.8 Å². The van der Waals surface area contributed by atoms with E-state index in [4.69, 9.17) is 0 Å². The smallest absolute Gasteiger partial charge is 0.239 e. The fraction of sp³-hybridized carbons (Fsp3) is 0.611. The third kappa shape index (κ3) is 6.80. The summed E-state index contributed by atoms with van der Waals surface area (Å²) >= 11 is 0. The first kappa shape index (κ1) is 19.3. The number of aryl methyl sites for hydroxylation is 1. The van der Waals surface area contributed by atoms with E-state index in [0.717, 1.165) is 38.0 Å². The zero-order chi connectivity index (χ0) is 18.2. The van der Waals surface area contributed by atoms with Gasteiger partial charge in [0.25, 0.3) is 0 Å². The molecule has 1 aliphatic heterocycles. The Balaban J connectivity index is 1.69. The molecule has 2 rings (SSSR count). The first-order chi connectivity index (χ1) is 12.0. The van der Waals surface area contributed by atoms with E-state index in [9.17, 15) is 9.59 Å². The molecule has 1 aliphatic rings. The Labute approximate surface area is 149 Å². The minimum atomic E-state index is -0.176. The van der Waals surface area contributed by atoms with Crippen LogP contribution >= 0.6 is 0 Å². The van der Waals surface area contributed by atoms with Gasteiger partial charge in [0, 0.05) is 25.3 Å². The van der Waals surface area contributed by atoms with Gasteiger partial charge in [-0.2, -0.15) is 0 Å². The van der Waals surface area contributed by atoms with E-state index in [2.05, 4.69) is 27.4 Å². The molecule has 2 heterocycles. The number of anilines is 1. The number of hydrogen-bond donors (Lipinski definition) is 2. The number of piperidine rings is 1. The van der Waals surface area contributed by atoms with Crippen molar-refractivity contribution in [3.05, 3.63) is 23.9 Å². The molecule has 0 aromatic carbocycles. The first-order valence-corrected chi connectivity index (χ1v) is 8.89. The molecule has 0 aliphatic carbocycles. The van der Waals surface area contributed by atoms with Crippen molar-refractivity contribution >= 4 is 17.6 Å². The van der Waals surface area contributed by atoms with Crippen LogP contribution in [0, 0.1) is 6.92 Å². The molecule has 0 spiro atoms. The van der Waals surface area contributed by atoms with Crippen molar-refractivity contribution in [2.45, 2.75) is 32.7 Å². The summed E-state index contributed by atoms with van der Waals surface area (Å²) in [5.74, 6) is 0.328. The summed E-state index contributed by atoms with van der Waals surface area (Å²) in [7, 11) is 1.77. The summed E-state index contributed by atoms with van der Waals surface area (Å²) in [4.78, 5) is 32.4. The zero-order valence-electron chi connectivity index (χ0n) is 15.4. The Morgan fingerprint density at radius 1 is 1.28 bits per heavy atom. The lowest BCUT2D eigenvalue weighted by Gasteiger charge is -2.31. The number of nitrogens with one attached hydrogen (secondary N) is 2. The van der Waals surface area contributed by atoms with Crippen LogP contribution in [0.5, 0.6) is 0 Å². The monoisotopic (exact) mass is 347 g/mol. The van der Waals surface area contributed by atoms with Crippen molar-refractivity contribution in [1.29, 1.82) is 0 Å². The molecule has 7 heteroatoms. The third-order valence-electron chi connectivity index (χ3n) is 4.41. The minimum Gasteiger partial charge on any atom is -0.352 e. The average Bonchev–Trinajstić information content (AvgIpc) is 2.55. The fourth-order valence-electron chi connectivity index (χ4n) is 3.00. The van der Waals surface area contributed by atoms with Crippen molar-refractivity contribution in [3.8, 4) is 0 Å².